The number of hydrogen-bond donors (Lipinski definition) is 1. The van der Waals surface area contributed by atoms with Gasteiger partial charge in [0.25, 0.3) is 0 Å². The number of aromatic amines is 1. The SMILES string of the molecule is CC(C)(C)OC(=O)N1CCCN(c2cc(-c3ccncc3)[nH]n2)CC1. The highest BCUT2D eigenvalue weighted by Crippen LogP contribution is 2.22. The number of anilines is 1. The molecule has 7 nitrogen and oxygen atoms in total. The maximum atomic E-state index is 12.3. The number of rotatable bonds is 2. The molecule has 0 saturated carbocycles. The molecule has 25 heavy (non-hydrogen) atoms. The summed E-state index contributed by atoms with van der Waals surface area (Å²) in [6.07, 6.45) is 4.17. The number of ether oxygens (including phenoxy) is 1. The van der Waals surface area contributed by atoms with Crippen LogP contribution in [0.15, 0.2) is 30.6 Å². The van der Waals surface area contributed by atoms with E-state index in [4.69, 9.17) is 4.74 Å². The van der Waals surface area contributed by atoms with Crippen molar-refractivity contribution in [2.45, 2.75) is 32.8 Å². The van der Waals surface area contributed by atoms with Crippen molar-refractivity contribution in [1.82, 2.24) is 20.1 Å². The van der Waals surface area contributed by atoms with E-state index >= 15 is 0 Å². The lowest BCUT2D eigenvalue weighted by Gasteiger charge is -2.26. The molecule has 134 valence electrons. The largest absolute Gasteiger partial charge is 0.444 e. The Morgan fingerprint density at radius 1 is 1.16 bits per heavy atom. The second-order valence-electron chi connectivity index (χ2n) is 7.18. The highest BCUT2D eigenvalue weighted by atomic mass is 16.6. The Labute approximate surface area is 148 Å². The fourth-order valence-corrected chi connectivity index (χ4v) is 2.81. The smallest absolute Gasteiger partial charge is 0.410 e. The van der Waals surface area contributed by atoms with Crippen molar-refractivity contribution in [3.8, 4) is 11.3 Å². The van der Waals surface area contributed by atoms with E-state index in [9.17, 15) is 4.79 Å². The molecule has 7 heteroatoms. The Kier molecular flexibility index (Phi) is 4.92. The summed E-state index contributed by atoms with van der Waals surface area (Å²) in [5.41, 5.74) is 1.55. The molecule has 1 fully saturated rings. The highest BCUT2D eigenvalue weighted by Gasteiger charge is 2.25. The van der Waals surface area contributed by atoms with Crippen molar-refractivity contribution in [3.05, 3.63) is 30.6 Å². The fraction of sp³-hybridized carbons (Fsp3) is 0.500. The molecule has 0 aliphatic carbocycles. The molecule has 1 aliphatic heterocycles. The molecule has 0 bridgehead atoms. The van der Waals surface area contributed by atoms with Crippen LogP contribution in [0.3, 0.4) is 0 Å². The summed E-state index contributed by atoms with van der Waals surface area (Å²) in [7, 11) is 0. The number of nitrogens with one attached hydrogen (secondary N) is 1. The van der Waals surface area contributed by atoms with Gasteiger partial charge >= 0.3 is 6.09 Å². The molecule has 2 aromatic heterocycles. The number of pyridine rings is 1. The summed E-state index contributed by atoms with van der Waals surface area (Å²) >= 11 is 0. The van der Waals surface area contributed by atoms with Gasteiger partial charge in [0.1, 0.15) is 5.60 Å². The minimum absolute atomic E-state index is 0.242. The van der Waals surface area contributed by atoms with Crippen LogP contribution < -0.4 is 4.90 Å². The van der Waals surface area contributed by atoms with Crippen LogP contribution in [0.4, 0.5) is 10.6 Å². The first-order chi connectivity index (χ1) is 11.9. The molecular formula is C18H25N5O2. The highest BCUT2D eigenvalue weighted by molar-refractivity contribution is 5.68. The first-order valence-corrected chi connectivity index (χ1v) is 8.61. The van der Waals surface area contributed by atoms with Crippen LogP contribution in [0.5, 0.6) is 0 Å². The molecule has 0 atom stereocenters. The van der Waals surface area contributed by atoms with E-state index in [1.807, 2.05) is 39.0 Å². The van der Waals surface area contributed by atoms with Gasteiger partial charge in [-0.15, -0.1) is 0 Å². The molecule has 3 rings (SSSR count). The number of nitrogens with zero attached hydrogens (tertiary/aromatic N) is 4. The van der Waals surface area contributed by atoms with Gasteiger partial charge in [0.05, 0.1) is 5.69 Å². The minimum Gasteiger partial charge on any atom is -0.444 e. The van der Waals surface area contributed by atoms with Crippen LogP contribution in [-0.4, -0.2) is 58.0 Å². The van der Waals surface area contributed by atoms with E-state index < -0.39 is 5.60 Å². The third kappa shape index (κ3) is 4.49. The van der Waals surface area contributed by atoms with Crippen LogP contribution in [0.2, 0.25) is 0 Å². The number of carbonyl (C=O) groups excluding carboxylic acids is 1. The summed E-state index contributed by atoms with van der Waals surface area (Å²) in [6.45, 7) is 8.59. The molecule has 0 aromatic carbocycles. The second-order valence-corrected chi connectivity index (χ2v) is 7.18. The van der Waals surface area contributed by atoms with E-state index in [1.54, 1.807) is 17.3 Å². The fourth-order valence-electron chi connectivity index (χ4n) is 2.81. The Morgan fingerprint density at radius 3 is 2.64 bits per heavy atom. The molecule has 2 aromatic rings. The molecular weight excluding hydrogens is 318 g/mol. The zero-order valence-corrected chi connectivity index (χ0v) is 15.0. The summed E-state index contributed by atoms with van der Waals surface area (Å²) in [5.74, 6) is 0.901. The summed E-state index contributed by atoms with van der Waals surface area (Å²) in [6, 6.07) is 5.94. The maximum absolute atomic E-state index is 12.3. The quantitative estimate of drug-likeness (QED) is 0.907. The summed E-state index contributed by atoms with van der Waals surface area (Å²) < 4.78 is 5.48. The Hall–Kier alpha value is -2.57. The first kappa shape index (κ1) is 17.3. The van der Waals surface area contributed by atoms with E-state index in [0.717, 1.165) is 36.6 Å². The topological polar surface area (TPSA) is 74.3 Å². The maximum Gasteiger partial charge on any atom is 0.410 e. The van der Waals surface area contributed by atoms with Crippen LogP contribution in [0, 0.1) is 0 Å². The zero-order chi connectivity index (χ0) is 17.9. The van der Waals surface area contributed by atoms with Gasteiger partial charge in [-0.2, -0.15) is 5.10 Å². The number of hydrogen-bond acceptors (Lipinski definition) is 5. The van der Waals surface area contributed by atoms with Gasteiger partial charge in [0, 0.05) is 50.2 Å². The molecule has 1 aliphatic rings. The normalized spacial score (nSPS) is 15.8. The lowest BCUT2D eigenvalue weighted by Crippen LogP contribution is -2.39. The average molecular weight is 343 g/mol. The first-order valence-electron chi connectivity index (χ1n) is 8.61. The van der Waals surface area contributed by atoms with Gasteiger partial charge < -0.3 is 14.5 Å². The monoisotopic (exact) mass is 343 g/mol. The van der Waals surface area contributed by atoms with Crippen molar-refractivity contribution in [2.24, 2.45) is 0 Å². The van der Waals surface area contributed by atoms with E-state index in [-0.39, 0.29) is 6.09 Å². The predicted octanol–water partition coefficient (Wildman–Crippen LogP) is 2.92. The standard InChI is InChI=1S/C18H25N5O2/c1-18(2,3)25-17(24)23-10-4-9-22(11-12-23)16-13-15(20-21-16)14-5-7-19-8-6-14/h5-8,13H,4,9-12H2,1-3H3,(H,20,21). The lowest BCUT2D eigenvalue weighted by molar-refractivity contribution is 0.0263. The van der Waals surface area contributed by atoms with Gasteiger partial charge in [-0.25, -0.2) is 4.79 Å². The molecule has 1 N–H and O–H groups in total. The van der Waals surface area contributed by atoms with Crippen LogP contribution in [-0.2, 0) is 4.74 Å². The zero-order valence-electron chi connectivity index (χ0n) is 15.0. The van der Waals surface area contributed by atoms with E-state index in [1.165, 1.54) is 0 Å². The van der Waals surface area contributed by atoms with Gasteiger partial charge in [-0.1, -0.05) is 0 Å². The van der Waals surface area contributed by atoms with Crippen molar-refractivity contribution in [1.29, 1.82) is 0 Å². The van der Waals surface area contributed by atoms with Crippen molar-refractivity contribution >= 4 is 11.9 Å². The Morgan fingerprint density at radius 2 is 1.92 bits per heavy atom. The third-order valence-corrected chi connectivity index (χ3v) is 4.03. The molecule has 0 unspecified atom stereocenters. The van der Waals surface area contributed by atoms with Crippen LogP contribution >= 0.6 is 0 Å². The van der Waals surface area contributed by atoms with Crippen molar-refractivity contribution in [2.75, 3.05) is 31.1 Å². The minimum atomic E-state index is -0.468. The van der Waals surface area contributed by atoms with Crippen molar-refractivity contribution < 1.29 is 9.53 Å². The lowest BCUT2D eigenvalue weighted by atomic mass is 10.2. The van der Waals surface area contributed by atoms with Gasteiger partial charge in [0.2, 0.25) is 0 Å². The Balaban J connectivity index is 1.64. The molecule has 3 heterocycles. The van der Waals surface area contributed by atoms with E-state index in [2.05, 4.69) is 20.1 Å². The van der Waals surface area contributed by atoms with Gasteiger partial charge in [0.15, 0.2) is 5.82 Å². The average Bonchev–Trinajstić information content (AvgIpc) is 2.92. The summed E-state index contributed by atoms with van der Waals surface area (Å²) in [5, 5.41) is 7.51. The number of carbonyl (C=O) groups is 1. The Bertz CT molecular complexity index is 708. The van der Waals surface area contributed by atoms with E-state index in [0.29, 0.717) is 13.1 Å². The summed E-state index contributed by atoms with van der Waals surface area (Å²) in [4.78, 5) is 20.3. The van der Waals surface area contributed by atoms with Crippen LogP contribution in [0.25, 0.3) is 11.3 Å². The molecule has 1 saturated heterocycles. The predicted molar refractivity (Wildman–Crippen MR) is 96.5 cm³/mol. The third-order valence-electron chi connectivity index (χ3n) is 4.03. The number of H-pyrrole nitrogens is 1. The number of amides is 1. The van der Waals surface area contributed by atoms with Crippen molar-refractivity contribution in [3.63, 3.8) is 0 Å². The van der Waals surface area contributed by atoms with Gasteiger partial charge in [-0.3, -0.25) is 10.1 Å². The molecule has 0 radical (unpaired) electrons. The number of aromatic nitrogens is 3. The second kappa shape index (κ2) is 7.13. The van der Waals surface area contributed by atoms with Gasteiger partial charge in [-0.05, 0) is 39.3 Å². The molecule has 1 amide bonds. The molecule has 0 spiro atoms. The van der Waals surface area contributed by atoms with Crippen LogP contribution in [0.1, 0.15) is 27.2 Å².